The minimum absolute atomic E-state index is 0.0642. The Balaban J connectivity index is 1.04. The normalized spacial score (nSPS) is 12.9. The summed E-state index contributed by atoms with van der Waals surface area (Å²) in [5.74, 6) is 0.0642. The summed E-state index contributed by atoms with van der Waals surface area (Å²) in [5.41, 5.74) is 7.68. The van der Waals surface area contributed by atoms with Crippen LogP contribution in [-0.4, -0.2) is 23.6 Å². The summed E-state index contributed by atoms with van der Waals surface area (Å²) in [4.78, 5) is 18.2. The maximum absolute atomic E-state index is 12.7. The molecule has 0 unspecified atom stereocenters. The third kappa shape index (κ3) is 5.99. The summed E-state index contributed by atoms with van der Waals surface area (Å²) < 4.78 is 2.25. The molecule has 5 nitrogen and oxygen atoms in total. The fourth-order valence-corrected chi connectivity index (χ4v) is 4.54. The Morgan fingerprint density at radius 2 is 1.69 bits per heavy atom. The van der Waals surface area contributed by atoms with Crippen molar-refractivity contribution in [2.45, 2.75) is 64.5 Å². The van der Waals surface area contributed by atoms with Gasteiger partial charge in [-0.3, -0.25) is 9.63 Å². The summed E-state index contributed by atoms with van der Waals surface area (Å²) in [6, 6.07) is 16.5. The lowest BCUT2D eigenvalue weighted by Gasteiger charge is -2.14. The minimum Gasteiger partial charge on any atom is -0.352 e. The van der Waals surface area contributed by atoms with E-state index in [0.717, 1.165) is 62.7 Å². The van der Waals surface area contributed by atoms with Crippen molar-refractivity contribution in [3.05, 3.63) is 71.4 Å². The van der Waals surface area contributed by atoms with Gasteiger partial charge in [0.05, 0.1) is 17.7 Å². The topological polar surface area (TPSA) is 55.3 Å². The van der Waals surface area contributed by atoms with Crippen LogP contribution in [0.5, 0.6) is 0 Å². The summed E-state index contributed by atoms with van der Waals surface area (Å²) >= 11 is 0. The Morgan fingerprint density at radius 3 is 2.53 bits per heavy atom. The van der Waals surface area contributed by atoms with Gasteiger partial charge < -0.3 is 9.88 Å². The van der Waals surface area contributed by atoms with Gasteiger partial charge in [-0.1, -0.05) is 74.2 Å². The van der Waals surface area contributed by atoms with Gasteiger partial charge in [0.15, 0.2) is 0 Å². The van der Waals surface area contributed by atoms with Gasteiger partial charge in [0.2, 0.25) is 0 Å². The molecule has 0 radical (unpaired) electrons. The van der Waals surface area contributed by atoms with Crippen LogP contribution >= 0.6 is 0 Å². The monoisotopic (exact) mass is 433 g/mol. The zero-order chi connectivity index (χ0) is 22.0. The zero-order valence-electron chi connectivity index (χ0n) is 18.9. The lowest BCUT2D eigenvalue weighted by Crippen LogP contribution is -2.24. The Kier molecular flexibility index (Phi) is 8.35. The van der Waals surface area contributed by atoms with Gasteiger partial charge in [-0.05, 0) is 36.8 Å². The lowest BCUT2D eigenvalue weighted by molar-refractivity contribution is 0.0272. The van der Waals surface area contributed by atoms with E-state index in [2.05, 4.69) is 45.7 Å². The van der Waals surface area contributed by atoms with Crippen molar-refractivity contribution >= 4 is 16.8 Å². The Morgan fingerprint density at radius 1 is 0.906 bits per heavy atom. The van der Waals surface area contributed by atoms with Crippen molar-refractivity contribution in [2.24, 2.45) is 0 Å². The fraction of sp³-hybridized carbons (Fsp3) is 0.444. The highest BCUT2D eigenvalue weighted by Crippen LogP contribution is 2.29. The Labute approximate surface area is 191 Å². The predicted octanol–water partition coefficient (Wildman–Crippen LogP) is 5.38. The number of aromatic nitrogens is 1. The number of unbranched alkanes of at least 4 members (excludes halogenated alkanes) is 5. The van der Waals surface area contributed by atoms with Crippen molar-refractivity contribution < 1.29 is 9.63 Å². The number of carbonyl (C=O) groups excluding carboxylic acids is 1. The summed E-state index contributed by atoms with van der Waals surface area (Å²) in [7, 11) is 0. The van der Waals surface area contributed by atoms with Gasteiger partial charge in [0.25, 0.3) is 5.91 Å². The van der Waals surface area contributed by atoms with E-state index in [1.807, 2.05) is 24.4 Å². The molecule has 0 saturated carbocycles. The Bertz CT molecular complexity index is 997. The summed E-state index contributed by atoms with van der Waals surface area (Å²) in [6.07, 6.45) is 11.3. The van der Waals surface area contributed by atoms with Crippen molar-refractivity contribution in [1.82, 2.24) is 15.4 Å². The molecule has 1 amide bonds. The molecular formula is C27H35N3O2. The van der Waals surface area contributed by atoms with Gasteiger partial charge in [0.1, 0.15) is 0 Å². The molecule has 0 spiro atoms. The molecule has 4 rings (SSSR count). The van der Waals surface area contributed by atoms with Crippen molar-refractivity contribution in [3.63, 3.8) is 0 Å². The zero-order valence-corrected chi connectivity index (χ0v) is 18.9. The number of amides is 1. The number of hydrogen-bond acceptors (Lipinski definition) is 3. The second-order valence-corrected chi connectivity index (χ2v) is 8.70. The van der Waals surface area contributed by atoms with Crippen LogP contribution in [0.25, 0.3) is 10.9 Å². The van der Waals surface area contributed by atoms with Crippen LogP contribution in [0.15, 0.2) is 54.7 Å². The number of rotatable bonds is 13. The Hall–Kier alpha value is -2.63. The standard InChI is InChI=1S/C27H35N3O2/c31-27(25-20-30-19-11-15-23-14-10-16-24(25)26(23)30)28-17-8-3-1-2-4-9-18-29-32-21-22-12-6-5-7-13-22/h5-7,10,12-14,16,20,29H,1-4,8-9,11,15,17-19,21H2,(H,28,31). The number of hydrogen-bond donors (Lipinski definition) is 2. The van der Waals surface area contributed by atoms with E-state index in [0.29, 0.717) is 6.61 Å². The molecule has 1 aromatic heterocycles. The highest BCUT2D eigenvalue weighted by atomic mass is 16.6. The molecule has 2 heterocycles. The van der Waals surface area contributed by atoms with E-state index in [1.165, 1.54) is 35.9 Å². The van der Waals surface area contributed by atoms with Gasteiger partial charge >= 0.3 is 0 Å². The average Bonchev–Trinajstić information content (AvgIpc) is 3.21. The largest absolute Gasteiger partial charge is 0.352 e. The molecule has 0 bridgehead atoms. The van der Waals surface area contributed by atoms with Crippen LogP contribution in [0, 0.1) is 0 Å². The van der Waals surface area contributed by atoms with E-state index in [4.69, 9.17) is 4.84 Å². The van der Waals surface area contributed by atoms with Gasteiger partial charge in [-0.15, -0.1) is 0 Å². The van der Waals surface area contributed by atoms with Crippen molar-refractivity contribution in [2.75, 3.05) is 13.1 Å². The lowest BCUT2D eigenvalue weighted by atomic mass is 10.0. The number of carbonyl (C=O) groups is 1. The minimum atomic E-state index is 0.0642. The van der Waals surface area contributed by atoms with E-state index in [9.17, 15) is 4.79 Å². The fourth-order valence-electron chi connectivity index (χ4n) is 4.54. The first-order valence-corrected chi connectivity index (χ1v) is 12.1. The predicted molar refractivity (Wildman–Crippen MR) is 130 cm³/mol. The molecule has 1 aliphatic heterocycles. The molecule has 2 N–H and O–H groups in total. The first kappa shape index (κ1) is 22.6. The quantitative estimate of drug-likeness (QED) is 0.281. The highest BCUT2D eigenvalue weighted by molar-refractivity contribution is 6.07. The molecule has 3 aromatic rings. The molecular weight excluding hydrogens is 398 g/mol. The summed E-state index contributed by atoms with van der Waals surface area (Å²) in [6.45, 7) is 3.25. The molecule has 0 fully saturated rings. The van der Waals surface area contributed by atoms with Crippen molar-refractivity contribution in [3.8, 4) is 0 Å². The molecule has 0 saturated heterocycles. The van der Waals surface area contributed by atoms with Crippen LogP contribution in [0.1, 0.15) is 66.4 Å². The number of aryl methyl sites for hydroxylation is 2. The summed E-state index contributed by atoms with van der Waals surface area (Å²) in [5, 5.41) is 4.23. The number of nitrogens with one attached hydrogen (secondary N) is 2. The second-order valence-electron chi connectivity index (χ2n) is 8.70. The van der Waals surface area contributed by atoms with Crippen LogP contribution in [-0.2, 0) is 24.4 Å². The highest BCUT2D eigenvalue weighted by Gasteiger charge is 2.19. The SMILES string of the molecule is O=C(NCCCCCCCCNOCc1ccccc1)c1cn2c3c(cccc13)CCC2. The van der Waals surface area contributed by atoms with E-state index < -0.39 is 0 Å². The maximum Gasteiger partial charge on any atom is 0.253 e. The molecule has 5 heteroatoms. The van der Waals surface area contributed by atoms with Crippen LogP contribution in [0.3, 0.4) is 0 Å². The van der Waals surface area contributed by atoms with E-state index >= 15 is 0 Å². The molecule has 1 aliphatic rings. The second kappa shape index (κ2) is 11.8. The average molecular weight is 434 g/mol. The third-order valence-corrected chi connectivity index (χ3v) is 6.25. The molecule has 2 aromatic carbocycles. The number of benzene rings is 2. The first-order chi connectivity index (χ1) is 15.8. The number of nitrogens with zero attached hydrogens (tertiary/aromatic N) is 1. The van der Waals surface area contributed by atoms with E-state index in [-0.39, 0.29) is 5.91 Å². The molecule has 0 atom stereocenters. The maximum atomic E-state index is 12.7. The van der Waals surface area contributed by atoms with Gasteiger partial charge in [0, 0.05) is 31.2 Å². The van der Waals surface area contributed by atoms with Crippen LogP contribution < -0.4 is 10.8 Å². The number of hydroxylamine groups is 1. The third-order valence-electron chi connectivity index (χ3n) is 6.25. The smallest absolute Gasteiger partial charge is 0.253 e. The van der Waals surface area contributed by atoms with Crippen LogP contribution in [0.4, 0.5) is 0 Å². The molecule has 0 aliphatic carbocycles. The molecule has 32 heavy (non-hydrogen) atoms. The van der Waals surface area contributed by atoms with Gasteiger partial charge in [-0.25, -0.2) is 5.48 Å². The first-order valence-electron chi connectivity index (χ1n) is 12.1. The van der Waals surface area contributed by atoms with E-state index in [1.54, 1.807) is 0 Å². The van der Waals surface area contributed by atoms with Crippen molar-refractivity contribution in [1.29, 1.82) is 0 Å². The van der Waals surface area contributed by atoms with Crippen LogP contribution in [0.2, 0.25) is 0 Å². The number of para-hydroxylation sites is 1. The van der Waals surface area contributed by atoms with Gasteiger partial charge in [-0.2, -0.15) is 0 Å². The molecule has 170 valence electrons.